The predicted octanol–water partition coefficient (Wildman–Crippen LogP) is 0.529. The van der Waals surface area contributed by atoms with Crippen molar-refractivity contribution in [1.29, 1.82) is 0 Å². The van der Waals surface area contributed by atoms with Crippen LogP contribution in [0.4, 0.5) is 0 Å². The third-order valence-electron chi connectivity index (χ3n) is 4.93. The first kappa shape index (κ1) is 19.7. The predicted molar refractivity (Wildman–Crippen MR) is 95.8 cm³/mol. The first-order valence-corrected chi connectivity index (χ1v) is 8.72. The molecule has 0 radical (unpaired) electrons. The maximum Gasteiger partial charge on any atom is 0.277 e. The summed E-state index contributed by atoms with van der Waals surface area (Å²) >= 11 is 0. The Morgan fingerprint density at radius 3 is 2.56 bits per heavy atom. The number of nitrogens with one attached hydrogen (secondary N) is 2. The number of rotatable bonds is 3. The molecule has 25 heavy (non-hydrogen) atoms. The molecular weight excluding hydrogens is 344 g/mol. The first-order chi connectivity index (χ1) is 11.5. The fourth-order valence-corrected chi connectivity index (χ4v) is 3.65. The molecule has 3 rings (SSSR count). The Bertz CT molecular complexity index is 626. The van der Waals surface area contributed by atoms with Crippen molar-refractivity contribution in [2.24, 2.45) is 5.92 Å². The number of carbonyl (C=O) groups is 2. The van der Waals surface area contributed by atoms with E-state index in [-0.39, 0.29) is 36.2 Å². The average molecular weight is 371 g/mol. The van der Waals surface area contributed by atoms with E-state index in [1.165, 1.54) is 0 Å². The van der Waals surface area contributed by atoms with Crippen molar-refractivity contribution in [3.05, 3.63) is 11.4 Å². The van der Waals surface area contributed by atoms with E-state index in [0.717, 1.165) is 31.6 Å². The van der Waals surface area contributed by atoms with Gasteiger partial charge in [-0.3, -0.25) is 9.59 Å². The molecule has 2 N–H and O–H groups in total. The number of nitrogens with zero attached hydrogens (tertiary/aromatic N) is 4. The number of hydrogen-bond acceptors (Lipinski definition) is 5. The molecule has 2 saturated heterocycles. The molecule has 1 aromatic heterocycles. The highest BCUT2D eigenvalue weighted by Gasteiger charge is 2.37. The van der Waals surface area contributed by atoms with Crippen molar-refractivity contribution < 1.29 is 9.59 Å². The number of piperidine rings is 1. The molecule has 0 spiro atoms. The van der Waals surface area contributed by atoms with Crippen LogP contribution in [0.1, 0.15) is 48.9 Å². The molecule has 0 aromatic carbocycles. The molecule has 0 bridgehead atoms. The Morgan fingerprint density at radius 1 is 1.24 bits per heavy atom. The zero-order valence-corrected chi connectivity index (χ0v) is 15.8. The standard InChI is InChI=1S/C16H26N6O2.ClH/c1-10(2)14-15(23)18-8-9-21(14)16(24)13-11(3)22(20-19-13)12-4-6-17-7-5-12;/h10,12,14,17H,4-9H2,1-3H3,(H,18,23);1H. The number of piperazine rings is 1. The van der Waals surface area contributed by atoms with Crippen LogP contribution in [-0.4, -0.2) is 63.9 Å². The van der Waals surface area contributed by atoms with Gasteiger partial charge in [0.05, 0.1) is 11.7 Å². The van der Waals surface area contributed by atoms with E-state index in [2.05, 4.69) is 20.9 Å². The fraction of sp³-hybridized carbons (Fsp3) is 0.750. The van der Waals surface area contributed by atoms with Gasteiger partial charge in [0.2, 0.25) is 5.91 Å². The molecule has 140 valence electrons. The van der Waals surface area contributed by atoms with Crippen LogP contribution in [0, 0.1) is 12.8 Å². The van der Waals surface area contributed by atoms with Crippen LogP contribution in [-0.2, 0) is 4.79 Å². The summed E-state index contributed by atoms with van der Waals surface area (Å²) in [4.78, 5) is 26.8. The van der Waals surface area contributed by atoms with Crippen LogP contribution < -0.4 is 10.6 Å². The van der Waals surface area contributed by atoms with Crippen LogP contribution in [0.25, 0.3) is 0 Å². The Morgan fingerprint density at radius 2 is 1.92 bits per heavy atom. The summed E-state index contributed by atoms with van der Waals surface area (Å²) in [5.74, 6) is -0.233. The maximum absolute atomic E-state index is 13.0. The second kappa shape index (κ2) is 8.14. The van der Waals surface area contributed by atoms with E-state index in [1.54, 1.807) is 4.90 Å². The molecule has 9 heteroatoms. The van der Waals surface area contributed by atoms with Gasteiger partial charge < -0.3 is 15.5 Å². The van der Waals surface area contributed by atoms with E-state index in [4.69, 9.17) is 0 Å². The topological polar surface area (TPSA) is 92.2 Å². The molecule has 2 amide bonds. The lowest BCUT2D eigenvalue weighted by Gasteiger charge is -2.36. The highest BCUT2D eigenvalue weighted by atomic mass is 35.5. The normalized spacial score (nSPS) is 21.8. The smallest absolute Gasteiger partial charge is 0.277 e. The van der Waals surface area contributed by atoms with E-state index in [1.807, 2.05) is 25.5 Å². The fourth-order valence-electron chi connectivity index (χ4n) is 3.65. The molecule has 0 aliphatic carbocycles. The molecule has 3 heterocycles. The minimum Gasteiger partial charge on any atom is -0.353 e. The second-order valence-electron chi connectivity index (χ2n) is 6.93. The summed E-state index contributed by atoms with van der Waals surface area (Å²) in [5, 5.41) is 14.6. The number of amides is 2. The Kier molecular flexibility index (Phi) is 6.40. The van der Waals surface area contributed by atoms with E-state index < -0.39 is 6.04 Å². The molecule has 0 saturated carbocycles. The lowest BCUT2D eigenvalue weighted by molar-refractivity contribution is -0.129. The van der Waals surface area contributed by atoms with Crippen LogP contribution in [0.3, 0.4) is 0 Å². The molecule has 1 unspecified atom stereocenters. The number of halogens is 1. The lowest BCUT2D eigenvalue weighted by atomic mass is 9.99. The van der Waals surface area contributed by atoms with Crippen LogP contribution in [0.15, 0.2) is 0 Å². The molecule has 2 aliphatic rings. The van der Waals surface area contributed by atoms with Crippen molar-refractivity contribution in [2.75, 3.05) is 26.2 Å². The average Bonchev–Trinajstić information content (AvgIpc) is 2.96. The van der Waals surface area contributed by atoms with Gasteiger partial charge in [-0.2, -0.15) is 0 Å². The quantitative estimate of drug-likeness (QED) is 0.809. The van der Waals surface area contributed by atoms with E-state index in [0.29, 0.717) is 18.8 Å². The van der Waals surface area contributed by atoms with Crippen LogP contribution in [0.5, 0.6) is 0 Å². The largest absolute Gasteiger partial charge is 0.353 e. The SMILES string of the molecule is Cc1c(C(=O)N2CCNC(=O)C2C(C)C)nnn1C1CCNCC1.Cl. The number of aromatic nitrogens is 3. The van der Waals surface area contributed by atoms with E-state index >= 15 is 0 Å². The third-order valence-corrected chi connectivity index (χ3v) is 4.93. The van der Waals surface area contributed by atoms with Crippen molar-refractivity contribution >= 4 is 24.2 Å². The summed E-state index contributed by atoms with van der Waals surface area (Å²) in [6.45, 7) is 8.69. The summed E-state index contributed by atoms with van der Waals surface area (Å²) in [6.07, 6.45) is 1.97. The zero-order valence-electron chi connectivity index (χ0n) is 15.0. The van der Waals surface area contributed by atoms with Gasteiger partial charge in [-0.05, 0) is 38.8 Å². The molecule has 1 atom stereocenters. The first-order valence-electron chi connectivity index (χ1n) is 8.72. The highest BCUT2D eigenvalue weighted by Crippen LogP contribution is 2.22. The van der Waals surface area contributed by atoms with Crippen molar-refractivity contribution in [3.63, 3.8) is 0 Å². The van der Waals surface area contributed by atoms with Gasteiger partial charge in [0.1, 0.15) is 6.04 Å². The second-order valence-corrected chi connectivity index (χ2v) is 6.93. The zero-order chi connectivity index (χ0) is 17.3. The van der Waals surface area contributed by atoms with Gasteiger partial charge in [0.25, 0.3) is 5.91 Å². The van der Waals surface area contributed by atoms with Crippen LogP contribution in [0.2, 0.25) is 0 Å². The molecular formula is C16H27ClN6O2. The molecule has 1 aromatic rings. The van der Waals surface area contributed by atoms with Gasteiger partial charge in [0, 0.05) is 13.1 Å². The van der Waals surface area contributed by atoms with E-state index in [9.17, 15) is 9.59 Å². The Hall–Kier alpha value is -1.67. The summed E-state index contributed by atoms with van der Waals surface area (Å²) in [5.41, 5.74) is 1.16. The van der Waals surface area contributed by atoms with Gasteiger partial charge in [0.15, 0.2) is 5.69 Å². The number of hydrogen-bond donors (Lipinski definition) is 2. The maximum atomic E-state index is 13.0. The third kappa shape index (κ3) is 3.79. The van der Waals surface area contributed by atoms with Gasteiger partial charge in [-0.15, -0.1) is 17.5 Å². The molecule has 2 fully saturated rings. The number of carbonyl (C=O) groups excluding carboxylic acids is 2. The van der Waals surface area contributed by atoms with Crippen molar-refractivity contribution in [1.82, 2.24) is 30.5 Å². The summed E-state index contributed by atoms with van der Waals surface area (Å²) in [7, 11) is 0. The minimum absolute atomic E-state index is 0. The van der Waals surface area contributed by atoms with Crippen molar-refractivity contribution in [3.8, 4) is 0 Å². The van der Waals surface area contributed by atoms with Crippen molar-refractivity contribution in [2.45, 2.75) is 45.7 Å². The van der Waals surface area contributed by atoms with Gasteiger partial charge >= 0.3 is 0 Å². The van der Waals surface area contributed by atoms with Gasteiger partial charge in [-0.25, -0.2) is 4.68 Å². The minimum atomic E-state index is -0.449. The van der Waals surface area contributed by atoms with Crippen LogP contribution >= 0.6 is 12.4 Å². The molecule has 2 aliphatic heterocycles. The summed E-state index contributed by atoms with van der Waals surface area (Å²) < 4.78 is 1.88. The lowest BCUT2D eigenvalue weighted by Crippen LogP contribution is -2.59. The highest BCUT2D eigenvalue weighted by molar-refractivity contribution is 5.97. The van der Waals surface area contributed by atoms with Gasteiger partial charge in [-0.1, -0.05) is 19.1 Å². The Balaban J connectivity index is 0.00000225. The Labute approximate surface area is 154 Å². The summed E-state index contributed by atoms with van der Waals surface area (Å²) in [6, 6.07) is -0.166. The monoisotopic (exact) mass is 370 g/mol. The molecule has 8 nitrogen and oxygen atoms in total.